The molecule has 2 aromatic rings. The number of carbonyl (C=O) groups is 3. The first-order valence-corrected chi connectivity index (χ1v) is 9.04. The molecule has 2 aromatic carbocycles. The van der Waals surface area contributed by atoms with Gasteiger partial charge in [-0.3, -0.25) is 9.59 Å². The van der Waals surface area contributed by atoms with E-state index in [4.69, 9.17) is 5.11 Å². The second kappa shape index (κ2) is 9.78. The molecule has 0 aliphatic rings. The Morgan fingerprint density at radius 3 is 2.24 bits per heavy atom. The second-order valence-electron chi connectivity index (χ2n) is 5.57. The third-order valence-electron chi connectivity index (χ3n) is 3.38. The van der Waals surface area contributed by atoms with Gasteiger partial charge in [-0.2, -0.15) is 13.2 Å². The van der Waals surface area contributed by atoms with Crippen molar-refractivity contribution in [2.45, 2.75) is 11.1 Å². The number of hydrogen-bond donors (Lipinski definition) is 3. The average Bonchev–Trinajstić information content (AvgIpc) is 2.65. The van der Waals surface area contributed by atoms with Crippen molar-refractivity contribution in [2.24, 2.45) is 0 Å². The van der Waals surface area contributed by atoms with Crippen LogP contribution in [0.4, 0.5) is 24.5 Å². The van der Waals surface area contributed by atoms with Crippen LogP contribution < -0.4 is 10.6 Å². The van der Waals surface area contributed by atoms with Crippen LogP contribution in [-0.4, -0.2) is 28.6 Å². The van der Waals surface area contributed by atoms with Gasteiger partial charge >= 0.3 is 12.1 Å². The molecule has 0 saturated carbocycles. The molecule has 2 rings (SSSR count). The van der Waals surface area contributed by atoms with Gasteiger partial charge in [0, 0.05) is 22.7 Å². The number of carboxylic acid groups (broad SMARTS) is 1. The number of thioether (sulfide) groups is 1. The van der Waals surface area contributed by atoms with Crippen LogP contribution in [-0.2, 0) is 20.6 Å². The van der Waals surface area contributed by atoms with Crippen LogP contribution in [0.3, 0.4) is 0 Å². The standard InChI is InChI=1S/C19H15F3N2O4S/c20-19(21,22)14-3-1-2-4-15(14)24-17(26)11-29-13-7-5-12(6-8-13)23-16(25)9-10-18(27)28/h1-10H,11H2,(H,23,25)(H,24,26)(H,27,28)/b10-9+. The van der Waals surface area contributed by atoms with Crippen molar-refractivity contribution in [1.82, 2.24) is 0 Å². The Morgan fingerprint density at radius 1 is 0.966 bits per heavy atom. The van der Waals surface area contributed by atoms with Crippen LogP contribution >= 0.6 is 11.8 Å². The van der Waals surface area contributed by atoms with Gasteiger partial charge in [0.05, 0.1) is 17.0 Å². The smallest absolute Gasteiger partial charge is 0.418 e. The molecule has 3 N–H and O–H groups in total. The van der Waals surface area contributed by atoms with E-state index in [1.807, 2.05) is 0 Å². The largest absolute Gasteiger partial charge is 0.478 e. The number of nitrogens with one attached hydrogen (secondary N) is 2. The number of benzene rings is 2. The normalized spacial score (nSPS) is 11.3. The van der Waals surface area contributed by atoms with E-state index in [0.717, 1.165) is 23.9 Å². The van der Waals surface area contributed by atoms with Crippen LogP contribution in [0, 0.1) is 0 Å². The fraction of sp³-hybridized carbons (Fsp3) is 0.105. The number of halogens is 3. The summed E-state index contributed by atoms with van der Waals surface area (Å²) in [5.41, 5.74) is -0.814. The lowest BCUT2D eigenvalue weighted by Gasteiger charge is -2.13. The summed E-state index contributed by atoms with van der Waals surface area (Å²) in [5.74, 6) is -2.57. The first kappa shape index (κ1) is 22.0. The summed E-state index contributed by atoms with van der Waals surface area (Å²) in [5, 5.41) is 13.2. The number of rotatable bonds is 7. The SMILES string of the molecule is O=C(O)/C=C/C(=O)Nc1ccc(SCC(=O)Nc2ccccc2C(F)(F)F)cc1. The fourth-order valence-electron chi connectivity index (χ4n) is 2.14. The number of anilines is 2. The molecular formula is C19H15F3N2O4S. The van der Waals surface area contributed by atoms with Gasteiger partial charge in [0.1, 0.15) is 0 Å². The Bertz CT molecular complexity index is 928. The minimum absolute atomic E-state index is 0.112. The first-order chi connectivity index (χ1) is 13.6. The molecule has 2 amide bonds. The molecule has 0 unspecified atom stereocenters. The van der Waals surface area contributed by atoms with E-state index in [0.29, 0.717) is 16.7 Å². The molecule has 0 aliphatic heterocycles. The maximum atomic E-state index is 12.9. The quantitative estimate of drug-likeness (QED) is 0.461. The van der Waals surface area contributed by atoms with Gasteiger partial charge in [0.2, 0.25) is 11.8 Å². The topological polar surface area (TPSA) is 95.5 Å². The molecule has 0 atom stereocenters. The molecule has 6 nitrogen and oxygen atoms in total. The maximum Gasteiger partial charge on any atom is 0.418 e. The zero-order valence-electron chi connectivity index (χ0n) is 14.7. The van der Waals surface area contributed by atoms with Crippen LogP contribution in [0.25, 0.3) is 0 Å². The van der Waals surface area contributed by atoms with Gasteiger partial charge < -0.3 is 15.7 Å². The van der Waals surface area contributed by atoms with Gasteiger partial charge in [0.15, 0.2) is 0 Å². The van der Waals surface area contributed by atoms with Gasteiger partial charge in [-0.15, -0.1) is 11.8 Å². The molecular weight excluding hydrogens is 409 g/mol. The third-order valence-corrected chi connectivity index (χ3v) is 4.39. The maximum absolute atomic E-state index is 12.9. The zero-order valence-corrected chi connectivity index (χ0v) is 15.5. The molecule has 0 aromatic heterocycles. The van der Waals surface area contributed by atoms with Gasteiger partial charge in [0.25, 0.3) is 0 Å². The van der Waals surface area contributed by atoms with E-state index < -0.39 is 29.5 Å². The Hall–Kier alpha value is -3.27. The number of aliphatic carboxylic acids is 1. The van der Waals surface area contributed by atoms with Crippen LogP contribution in [0.2, 0.25) is 0 Å². The summed E-state index contributed by atoms with van der Waals surface area (Å²) in [6, 6.07) is 11.0. The highest BCUT2D eigenvalue weighted by molar-refractivity contribution is 8.00. The Morgan fingerprint density at radius 2 is 1.62 bits per heavy atom. The van der Waals surface area contributed by atoms with Gasteiger partial charge in [-0.1, -0.05) is 12.1 Å². The van der Waals surface area contributed by atoms with Crippen molar-refractivity contribution >= 4 is 40.9 Å². The van der Waals surface area contributed by atoms with E-state index >= 15 is 0 Å². The lowest BCUT2D eigenvalue weighted by molar-refractivity contribution is -0.137. The monoisotopic (exact) mass is 424 g/mol. The number of para-hydroxylation sites is 1. The van der Waals surface area contributed by atoms with Crippen LogP contribution in [0.15, 0.2) is 65.6 Å². The molecule has 0 heterocycles. The summed E-state index contributed by atoms with van der Waals surface area (Å²) in [6.45, 7) is 0. The molecule has 0 aliphatic carbocycles. The van der Waals surface area contributed by atoms with Crippen molar-refractivity contribution in [3.05, 3.63) is 66.2 Å². The molecule has 0 fully saturated rings. The predicted octanol–water partition coefficient (Wildman–Crippen LogP) is 4.02. The van der Waals surface area contributed by atoms with Crippen molar-refractivity contribution in [1.29, 1.82) is 0 Å². The minimum Gasteiger partial charge on any atom is -0.478 e. The van der Waals surface area contributed by atoms with E-state index in [1.165, 1.54) is 18.2 Å². The van der Waals surface area contributed by atoms with E-state index in [9.17, 15) is 27.6 Å². The number of amides is 2. The van der Waals surface area contributed by atoms with Crippen molar-refractivity contribution in [2.75, 3.05) is 16.4 Å². The number of carboxylic acids is 1. The number of alkyl halides is 3. The highest BCUT2D eigenvalue weighted by Crippen LogP contribution is 2.34. The molecule has 0 radical (unpaired) electrons. The number of hydrogen-bond acceptors (Lipinski definition) is 4. The first-order valence-electron chi connectivity index (χ1n) is 8.06. The summed E-state index contributed by atoms with van der Waals surface area (Å²) in [4.78, 5) is 34.5. The Labute approximate surface area is 167 Å². The van der Waals surface area contributed by atoms with Crippen molar-refractivity contribution < 1.29 is 32.7 Å². The van der Waals surface area contributed by atoms with Crippen molar-refractivity contribution in [3.8, 4) is 0 Å². The lowest BCUT2D eigenvalue weighted by Crippen LogP contribution is -2.18. The van der Waals surface area contributed by atoms with Crippen molar-refractivity contribution in [3.63, 3.8) is 0 Å². The highest BCUT2D eigenvalue weighted by atomic mass is 32.2. The summed E-state index contributed by atoms with van der Waals surface area (Å²) in [7, 11) is 0. The van der Waals surface area contributed by atoms with E-state index in [1.54, 1.807) is 24.3 Å². The average molecular weight is 424 g/mol. The minimum atomic E-state index is -4.57. The third kappa shape index (κ3) is 7.34. The Balaban J connectivity index is 1.90. The highest BCUT2D eigenvalue weighted by Gasteiger charge is 2.33. The van der Waals surface area contributed by atoms with Gasteiger partial charge in [-0.05, 0) is 36.4 Å². The molecule has 0 bridgehead atoms. The lowest BCUT2D eigenvalue weighted by atomic mass is 10.1. The molecule has 29 heavy (non-hydrogen) atoms. The molecule has 0 spiro atoms. The Kier molecular flexibility index (Phi) is 7.43. The van der Waals surface area contributed by atoms with Crippen LogP contribution in [0.5, 0.6) is 0 Å². The van der Waals surface area contributed by atoms with E-state index in [-0.39, 0.29) is 11.4 Å². The molecule has 152 valence electrons. The number of carbonyl (C=O) groups excluding carboxylic acids is 2. The fourth-order valence-corrected chi connectivity index (χ4v) is 2.84. The van der Waals surface area contributed by atoms with Crippen LogP contribution in [0.1, 0.15) is 5.56 Å². The summed E-state index contributed by atoms with van der Waals surface area (Å²) < 4.78 is 38.8. The molecule has 0 saturated heterocycles. The predicted molar refractivity (Wildman–Crippen MR) is 103 cm³/mol. The summed E-state index contributed by atoms with van der Waals surface area (Å²) in [6.07, 6.45) is -3.00. The zero-order chi connectivity index (χ0) is 21.4. The second-order valence-corrected chi connectivity index (χ2v) is 6.61. The molecule has 10 heteroatoms. The summed E-state index contributed by atoms with van der Waals surface area (Å²) >= 11 is 1.11. The van der Waals surface area contributed by atoms with E-state index in [2.05, 4.69) is 10.6 Å². The van der Waals surface area contributed by atoms with Gasteiger partial charge in [-0.25, -0.2) is 4.79 Å².